The van der Waals surface area contributed by atoms with Gasteiger partial charge in [0.25, 0.3) is 0 Å². The Labute approximate surface area is 176 Å². The van der Waals surface area contributed by atoms with Crippen LogP contribution >= 0.6 is 23.4 Å². The summed E-state index contributed by atoms with van der Waals surface area (Å²) >= 11 is 8.24. The van der Waals surface area contributed by atoms with Crippen molar-refractivity contribution in [1.29, 1.82) is 0 Å². The van der Waals surface area contributed by atoms with Gasteiger partial charge in [-0.2, -0.15) is 5.10 Å². The van der Waals surface area contributed by atoms with Crippen molar-refractivity contribution < 1.29 is 0 Å². The first-order valence-corrected chi connectivity index (χ1v) is 10.8. The van der Waals surface area contributed by atoms with Crippen LogP contribution in [-0.2, 0) is 7.05 Å². The highest BCUT2D eigenvalue weighted by molar-refractivity contribution is 8.01. The zero-order valence-electron chi connectivity index (χ0n) is 17.0. The van der Waals surface area contributed by atoms with E-state index in [-0.39, 0.29) is 16.0 Å². The summed E-state index contributed by atoms with van der Waals surface area (Å²) in [5.41, 5.74) is 6.15. The van der Waals surface area contributed by atoms with Crippen LogP contribution in [0.3, 0.4) is 0 Å². The van der Waals surface area contributed by atoms with E-state index in [0.717, 1.165) is 16.5 Å². The topological polar surface area (TPSA) is 29.9 Å². The second kappa shape index (κ2) is 7.16. The summed E-state index contributed by atoms with van der Waals surface area (Å²) < 4.78 is 1.95. The number of fused-ring (bicyclic) bond motifs is 1. The Morgan fingerprint density at radius 3 is 2.50 bits per heavy atom. The second-order valence-corrected chi connectivity index (χ2v) is 10.3. The molecular weight excluding hydrogens is 386 g/mol. The van der Waals surface area contributed by atoms with Crippen LogP contribution in [0, 0.1) is 13.8 Å². The minimum atomic E-state index is -0.0381. The summed E-state index contributed by atoms with van der Waals surface area (Å²) in [6, 6.07) is 17.1. The first-order valence-electron chi connectivity index (χ1n) is 9.57. The lowest BCUT2D eigenvalue weighted by atomic mass is 9.94. The van der Waals surface area contributed by atoms with E-state index in [2.05, 4.69) is 75.5 Å². The summed E-state index contributed by atoms with van der Waals surface area (Å²) in [6.07, 6.45) is 0. The number of nitrogens with zero attached hydrogens (tertiary/aromatic N) is 2. The molecule has 0 unspecified atom stereocenters. The number of rotatable bonds is 2. The SMILES string of the molecule is Cc1cc(Cl)ccc1[C@H]1SC(C)(C)[C@@H](c2ccccc2)Nc2c1c(C)nn2C. The van der Waals surface area contributed by atoms with Gasteiger partial charge >= 0.3 is 0 Å². The predicted octanol–water partition coefficient (Wildman–Crippen LogP) is 6.46. The summed E-state index contributed by atoms with van der Waals surface area (Å²) in [7, 11) is 2.02. The van der Waals surface area contributed by atoms with Crippen molar-refractivity contribution in [3.8, 4) is 0 Å². The van der Waals surface area contributed by atoms with E-state index in [4.69, 9.17) is 16.7 Å². The molecule has 3 aromatic rings. The number of hydrogen-bond acceptors (Lipinski definition) is 3. The van der Waals surface area contributed by atoms with Crippen LogP contribution < -0.4 is 5.32 Å². The summed E-state index contributed by atoms with van der Waals surface area (Å²) in [6.45, 7) is 8.91. The first-order chi connectivity index (χ1) is 13.3. The Bertz CT molecular complexity index is 1010. The number of thioether (sulfide) groups is 1. The molecule has 4 rings (SSSR count). The number of hydrogen-bond donors (Lipinski definition) is 1. The molecule has 28 heavy (non-hydrogen) atoms. The average Bonchev–Trinajstić information content (AvgIpc) is 2.83. The van der Waals surface area contributed by atoms with Gasteiger partial charge in [-0.15, -0.1) is 11.8 Å². The molecule has 2 atom stereocenters. The smallest absolute Gasteiger partial charge is 0.129 e. The van der Waals surface area contributed by atoms with E-state index < -0.39 is 0 Å². The maximum absolute atomic E-state index is 6.25. The van der Waals surface area contributed by atoms with Gasteiger partial charge in [-0.1, -0.05) is 48.0 Å². The van der Waals surface area contributed by atoms with Gasteiger partial charge in [-0.05, 0) is 56.5 Å². The largest absolute Gasteiger partial charge is 0.362 e. The normalized spacial score (nSPS) is 20.9. The van der Waals surface area contributed by atoms with Crippen molar-refractivity contribution in [1.82, 2.24) is 9.78 Å². The summed E-state index contributed by atoms with van der Waals surface area (Å²) in [5, 5.41) is 9.56. The van der Waals surface area contributed by atoms with Crippen LogP contribution in [0.1, 0.15) is 53.1 Å². The molecule has 0 amide bonds. The fourth-order valence-corrected chi connectivity index (χ4v) is 6.14. The molecule has 0 spiro atoms. The van der Waals surface area contributed by atoms with Gasteiger partial charge < -0.3 is 5.32 Å². The molecule has 1 N–H and O–H groups in total. The maximum atomic E-state index is 6.25. The van der Waals surface area contributed by atoms with Crippen molar-refractivity contribution in [2.45, 2.75) is 43.7 Å². The third-order valence-electron chi connectivity index (χ3n) is 5.58. The van der Waals surface area contributed by atoms with E-state index in [1.165, 1.54) is 22.3 Å². The van der Waals surface area contributed by atoms with Gasteiger partial charge in [0.05, 0.1) is 17.0 Å². The second-order valence-electron chi connectivity index (χ2n) is 8.06. The third kappa shape index (κ3) is 3.33. The molecule has 3 nitrogen and oxygen atoms in total. The Morgan fingerprint density at radius 1 is 1.11 bits per heavy atom. The molecule has 0 saturated carbocycles. The zero-order valence-corrected chi connectivity index (χ0v) is 18.5. The predicted molar refractivity (Wildman–Crippen MR) is 120 cm³/mol. The van der Waals surface area contributed by atoms with Crippen LogP contribution in [0.5, 0.6) is 0 Å². The van der Waals surface area contributed by atoms with Crippen LogP contribution in [0.2, 0.25) is 5.02 Å². The van der Waals surface area contributed by atoms with Crippen molar-refractivity contribution in [3.05, 3.63) is 81.5 Å². The molecular formula is C23H26ClN3S. The Balaban J connectivity index is 1.90. The van der Waals surface area contributed by atoms with E-state index >= 15 is 0 Å². The average molecular weight is 412 g/mol. The fraction of sp³-hybridized carbons (Fsp3) is 0.348. The van der Waals surface area contributed by atoms with Gasteiger partial charge in [-0.25, -0.2) is 0 Å². The van der Waals surface area contributed by atoms with E-state index in [9.17, 15) is 0 Å². The Morgan fingerprint density at radius 2 is 1.82 bits per heavy atom. The first kappa shape index (κ1) is 19.4. The molecule has 1 aliphatic heterocycles. The van der Waals surface area contributed by atoms with Gasteiger partial charge in [0, 0.05) is 22.4 Å². The quantitative estimate of drug-likeness (QED) is 0.524. The Hall–Kier alpha value is -1.91. The maximum Gasteiger partial charge on any atom is 0.129 e. The summed E-state index contributed by atoms with van der Waals surface area (Å²) in [5.74, 6) is 1.10. The molecule has 5 heteroatoms. The van der Waals surface area contributed by atoms with E-state index in [1.807, 2.05) is 29.6 Å². The van der Waals surface area contributed by atoms with Crippen LogP contribution in [0.15, 0.2) is 48.5 Å². The van der Waals surface area contributed by atoms with Crippen molar-refractivity contribution >= 4 is 29.2 Å². The van der Waals surface area contributed by atoms with Crippen molar-refractivity contribution in [3.63, 3.8) is 0 Å². The van der Waals surface area contributed by atoms with Crippen LogP contribution in [0.25, 0.3) is 0 Å². The van der Waals surface area contributed by atoms with Crippen molar-refractivity contribution in [2.75, 3.05) is 5.32 Å². The van der Waals surface area contributed by atoms with Crippen LogP contribution in [-0.4, -0.2) is 14.5 Å². The summed E-state index contributed by atoms with van der Waals surface area (Å²) in [4.78, 5) is 0. The van der Waals surface area contributed by atoms with Gasteiger partial charge in [0.2, 0.25) is 0 Å². The lowest BCUT2D eigenvalue weighted by Gasteiger charge is -2.35. The van der Waals surface area contributed by atoms with Crippen molar-refractivity contribution in [2.24, 2.45) is 7.05 Å². The van der Waals surface area contributed by atoms with Gasteiger partial charge in [-0.3, -0.25) is 4.68 Å². The highest BCUT2D eigenvalue weighted by Crippen LogP contribution is 2.55. The number of anilines is 1. The molecule has 1 aromatic heterocycles. The number of nitrogens with one attached hydrogen (secondary N) is 1. The number of benzene rings is 2. The molecule has 0 saturated heterocycles. The fourth-order valence-electron chi connectivity index (χ4n) is 4.18. The highest BCUT2D eigenvalue weighted by Gasteiger charge is 2.41. The van der Waals surface area contributed by atoms with E-state index in [0.29, 0.717) is 0 Å². The number of aromatic nitrogens is 2. The standard InChI is InChI=1S/C23H26ClN3S/c1-14-13-17(24)11-12-18(14)20-19-15(2)26-27(5)22(19)25-21(23(3,4)28-20)16-9-7-6-8-10-16/h6-13,20-21,25H,1-5H3/t20-,21-/m1/s1. The van der Waals surface area contributed by atoms with Crippen LogP contribution in [0.4, 0.5) is 5.82 Å². The monoisotopic (exact) mass is 411 g/mol. The molecule has 0 fully saturated rings. The highest BCUT2D eigenvalue weighted by atomic mass is 35.5. The number of halogens is 1. The Kier molecular flexibility index (Phi) is 4.96. The number of aryl methyl sites for hydroxylation is 3. The minimum absolute atomic E-state index is 0.0381. The molecule has 0 aliphatic carbocycles. The molecule has 1 aliphatic rings. The molecule has 0 radical (unpaired) electrons. The zero-order chi connectivity index (χ0) is 20.1. The molecule has 146 valence electrons. The third-order valence-corrected chi connectivity index (χ3v) is 7.38. The molecule has 0 bridgehead atoms. The van der Waals surface area contributed by atoms with Gasteiger partial charge in [0.15, 0.2) is 0 Å². The lowest BCUT2D eigenvalue weighted by molar-refractivity contribution is 0.591. The van der Waals surface area contributed by atoms with E-state index in [1.54, 1.807) is 0 Å². The van der Waals surface area contributed by atoms with Gasteiger partial charge in [0.1, 0.15) is 5.82 Å². The molecule has 2 heterocycles. The minimum Gasteiger partial charge on any atom is -0.362 e. The molecule has 2 aromatic carbocycles. The lowest BCUT2D eigenvalue weighted by Crippen LogP contribution is -2.31.